The van der Waals surface area contributed by atoms with E-state index < -0.39 is 0 Å². The first-order chi connectivity index (χ1) is 10.2. The maximum absolute atomic E-state index is 9.02. The molecule has 1 aromatic rings. The molecule has 5 nitrogen and oxygen atoms in total. The van der Waals surface area contributed by atoms with E-state index in [1.807, 2.05) is 12.1 Å². The molecule has 0 saturated carbocycles. The number of likely N-dealkylation sites (tertiary alicyclic amines) is 1. The predicted octanol–water partition coefficient (Wildman–Crippen LogP) is 1.44. The third-order valence-corrected chi connectivity index (χ3v) is 3.98. The highest BCUT2D eigenvalue weighted by molar-refractivity contribution is 5.94. The summed E-state index contributed by atoms with van der Waals surface area (Å²) in [6.07, 6.45) is 3.34. The van der Waals surface area contributed by atoms with Crippen LogP contribution in [0.2, 0.25) is 0 Å². The van der Waals surface area contributed by atoms with Crippen molar-refractivity contribution in [2.75, 3.05) is 32.8 Å². The SMILES string of the molecule is N=C(N)c1ccc(OCCN2CCCC(CCO)C2)cc1. The highest BCUT2D eigenvalue weighted by Crippen LogP contribution is 2.19. The monoisotopic (exact) mass is 291 g/mol. The van der Waals surface area contributed by atoms with Gasteiger partial charge in [-0.2, -0.15) is 0 Å². The standard InChI is InChI=1S/C16H25N3O2/c17-16(18)14-3-5-15(6-4-14)21-11-9-19-8-1-2-13(12-19)7-10-20/h3-6,13,20H,1-2,7-12H2,(H3,17,18). The zero-order chi connectivity index (χ0) is 15.1. The molecule has 1 fully saturated rings. The van der Waals surface area contributed by atoms with Gasteiger partial charge in [0.15, 0.2) is 0 Å². The van der Waals surface area contributed by atoms with E-state index in [9.17, 15) is 0 Å². The minimum Gasteiger partial charge on any atom is -0.492 e. The Labute approximate surface area is 126 Å². The number of nitrogens with one attached hydrogen (secondary N) is 1. The Bertz CT molecular complexity index is 445. The van der Waals surface area contributed by atoms with Gasteiger partial charge in [-0.15, -0.1) is 0 Å². The number of nitrogens with two attached hydrogens (primary N) is 1. The summed E-state index contributed by atoms with van der Waals surface area (Å²) in [5.41, 5.74) is 6.13. The molecule has 1 heterocycles. The molecule has 0 aromatic heterocycles. The molecule has 116 valence electrons. The number of ether oxygens (including phenoxy) is 1. The molecule has 1 atom stereocenters. The Balaban J connectivity index is 1.72. The molecule has 0 aliphatic carbocycles. The van der Waals surface area contributed by atoms with Crippen LogP contribution in [0.15, 0.2) is 24.3 Å². The van der Waals surface area contributed by atoms with E-state index in [1.54, 1.807) is 12.1 Å². The first-order valence-electron chi connectivity index (χ1n) is 7.59. The number of hydrogen-bond donors (Lipinski definition) is 3. The highest BCUT2D eigenvalue weighted by atomic mass is 16.5. The van der Waals surface area contributed by atoms with Gasteiger partial charge < -0.3 is 15.6 Å². The Morgan fingerprint density at radius 3 is 2.81 bits per heavy atom. The van der Waals surface area contributed by atoms with Gasteiger partial charge in [-0.3, -0.25) is 10.3 Å². The molecule has 5 heteroatoms. The van der Waals surface area contributed by atoms with Crippen molar-refractivity contribution in [2.45, 2.75) is 19.3 Å². The Kier molecular flexibility index (Phi) is 6.02. The summed E-state index contributed by atoms with van der Waals surface area (Å²) in [4.78, 5) is 2.41. The molecule has 0 amide bonds. The van der Waals surface area contributed by atoms with Gasteiger partial charge in [-0.1, -0.05) is 0 Å². The molecule has 2 rings (SSSR count). The van der Waals surface area contributed by atoms with Crippen molar-refractivity contribution in [2.24, 2.45) is 11.7 Å². The molecular weight excluding hydrogens is 266 g/mol. The second-order valence-corrected chi connectivity index (χ2v) is 5.61. The summed E-state index contributed by atoms with van der Waals surface area (Å²) in [5, 5.41) is 16.4. The molecule has 21 heavy (non-hydrogen) atoms. The number of aliphatic hydroxyl groups excluding tert-OH is 1. The molecule has 4 N–H and O–H groups in total. The number of nitrogen functional groups attached to an aromatic ring is 1. The highest BCUT2D eigenvalue weighted by Gasteiger charge is 2.18. The van der Waals surface area contributed by atoms with Crippen LogP contribution in [0.5, 0.6) is 5.75 Å². The van der Waals surface area contributed by atoms with Gasteiger partial charge in [-0.05, 0) is 56.0 Å². The quantitative estimate of drug-likeness (QED) is 0.524. The van der Waals surface area contributed by atoms with E-state index in [0.29, 0.717) is 18.1 Å². The van der Waals surface area contributed by atoms with Gasteiger partial charge in [0.2, 0.25) is 0 Å². The van der Waals surface area contributed by atoms with Crippen LogP contribution in [-0.2, 0) is 0 Å². The number of hydrogen-bond acceptors (Lipinski definition) is 4. The maximum Gasteiger partial charge on any atom is 0.122 e. The van der Waals surface area contributed by atoms with Gasteiger partial charge in [-0.25, -0.2) is 0 Å². The largest absolute Gasteiger partial charge is 0.492 e. The van der Waals surface area contributed by atoms with Crippen molar-refractivity contribution >= 4 is 5.84 Å². The van der Waals surface area contributed by atoms with Crippen LogP contribution in [0.25, 0.3) is 0 Å². The van der Waals surface area contributed by atoms with Crippen molar-refractivity contribution in [3.05, 3.63) is 29.8 Å². The van der Waals surface area contributed by atoms with Crippen LogP contribution < -0.4 is 10.5 Å². The number of benzene rings is 1. The Hall–Kier alpha value is -1.59. The van der Waals surface area contributed by atoms with Crippen LogP contribution in [0.3, 0.4) is 0 Å². The average Bonchev–Trinajstić information content (AvgIpc) is 2.48. The molecule has 0 bridgehead atoms. The summed E-state index contributed by atoms with van der Waals surface area (Å²) in [6, 6.07) is 7.30. The van der Waals surface area contributed by atoms with E-state index in [-0.39, 0.29) is 12.4 Å². The van der Waals surface area contributed by atoms with E-state index in [0.717, 1.165) is 31.8 Å². The summed E-state index contributed by atoms with van der Waals surface area (Å²) < 4.78 is 5.74. The lowest BCUT2D eigenvalue weighted by Gasteiger charge is -2.32. The smallest absolute Gasteiger partial charge is 0.122 e. The van der Waals surface area contributed by atoms with E-state index in [4.69, 9.17) is 21.0 Å². The topological polar surface area (TPSA) is 82.6 Å². The molecule has 1 aromatic carbocycles. The number of rotatable bonds is 7. The van der Waals surface area contributed by atoms with Crippen molar-refractivity contribution in [1.82, 2.24) is 4.90 Å². The van der Waals surface area contributed by atoms with Crippen LogP contribution in [0.1, 0.15) is 24.8 Å². The second-order valence-electron chi connectivity index (χ2n) is 5.61. The lowest BCUT2D eigenvalue weighted by Crippen LogP contribution is -2.38. The van der Waals surface area contributed by atoms with Gasteiger partial charge in [0, 0.05) is 25.3 Å². The van der Waals surface area contributed by atoms with Crippen LogP contribution in [0.4, 0.5) is 0 Å². The fourth-order valence-electron chi connectivity index (χ4n) is 2.80. The number of nitrogens with zero attached hydrogens (tertiary/aromatic N) is 1. The van der Waals surface area contributed by atoms with E-state index in [1.165, 1.54) is 12.8 Å². The summed E-state index contributed by atoms with van der Waals surface area (Å²) in [7, 11) is 0. The Morgan fingerprint density at radius 1 is 1.38 bits per heavy atom. The Morgan fingerprint density at radius 2 is 2.14 bits per heavy atom. The number of piperidine rings is 1. The average molecular weight is 291 g/mol. The minimum absolute atomic E-state index is 0.0739. The first kappa shape index (κ1) is 15.8. The van der Waals surface area contributed by atoms with Crippen LogP contribution in [-0.4, -0.2) is 48.7 Å². The van der Waals surface area contributed by atoms with E-state index in [2.05, 4.69) is 4.90 Å². The summed E-state index contributed by atoms with van der Waals surface area (Å²) in [6.45, 7) is 4.04. The molecular formula is C16H25N3O2. The molecule has 1 aliphatic rings. The summed E-state index contributed by atoms with van der Waals surface area (Å²) >= 11 is 0. The van der Waals surface area contributed by atoms with Gasteiger partial charge >= 0.3 is 0 Å². The van der Waals surface area contributed by atoms with Crippen molar-refractivity contribution < 1.29 is 9.84 Å². The van der Waals surface area contributed by atoms with Crippen molar-refractivity contribution in [3.63, 3.8) is 0 Å². The van der Waals surface area contributed by atoms with Crippen LogP contribution >= 0.6 is 0 Å². The third-order valence-electron chi connectivity index (χ3n) is 3.98. The zero-order valence-electron chi connectivity index (χ0n) is 12.4. The lowest BCUT2D eigenvalue weighted by molar-refractivity contribution is 0.129. The first-order valence-corrected chi connectivity index (χ1v) is 7.59. The third kappa shape index (κ3) is 5.02. The molecule has 1 aliphatic heterocycles. The maximum atomic E-state index is 9.02. The number of aliphatic hydroxyl groups is 1. The molecule has 0 radical (unpaired) electrons. The van der Waals surface area contributed by atoms with Crippen molar-refractivity contribution in [3.8, 4) is 5.75 Å². The minimum atomic E-state index is 0.0739. The molecule has 1 saturated heterocycles. The van der Waals surface area contributed by atoms with Gasteiger partial charge in [0.1, 0.15) is 18.2 Å². The van der Waals surface area contributed by atoms with Gasteiger partial charge in [0.05, 0.1) is 0 Å². The van der Waals surface area contributed by atoms with Gasteiger partial charge in [0.25, 0.3) is 0 Å². The van der Waals surface area contributed by atoms with Crippen LogP contribution in [0, 0.1) is 11.3 Å². The normalized spacial score (nSPS) is 19.4. The second kappa shape index (κ2) is 8.00. The zero-order valence-corrected chi connectivity index (χ0v) is 12.4. The predicted molar refractivity (Wildman–Crippen MR) is 83.8 cm³/mol. The fraction of sp³-hybridized carbons (Fsp3) is 0.562. The molecule has 1 unspecified atom stereocenters. The lowest BCUT2D eigenvalue weighted by atomic mass is 9.95. The number of amidine groups is 1. The summed E-state index contributed by atoms with van der Waals surface area (Å²) in [5.74, 6) is 1.51. The molecule has 0 spiro atoms. The fourth-order valence-corrected chi connectivity index (χ4v) is 2.80. The van der Waals surface area contributed by atoms with E-state index >= 15 is 0 Å². The van der Waals surface area contributed by atoms with Crippen molar-refractivity contribution in [1.29, 1.82) is 5.41 Å².